The van der Waals surface area contributed by atoms with Crippen molar-refractivity contribution in [1.82, 2.24) is 9.80 Å². The minimum absolute atomic E-state index is 0.0474. The quantitative estimate of drug-likeness (QED) is 0.798. The van der Waals surface area contributed by atoms with E-state index in [1.807, 2.05) is 35.0 Å². The van der Waals surface area contributed by atoms with Crippen molar-refractivity contribution in [2.45, 2.75) is 38.1 Å². The van der Waals surface area contributed by atoms with Crippen molar-refractivity contribution in [1.29, 1.82) is 0 Å². The molecule has 0 N–H and O–H groups in total. The van der Waals surface area contributed by atoms with Crippen LogP contribution in [0.5, 0.6) is 0 Å². The first-order valence-electron chi connectivity index (χ1n) is 9.65. The maximum atomic E-state index is 13.2. The molecule has 0 unspecified atom stereocenters. The summed E-state index contributed by atoms with van der Waals surface area (Å²) in [5.74, 6) is 0.0466. The molecule has 5 nitrogen and oxygen atoms in total. The summed E-state index contributed by atoms with van der Waals surface area (Å²) in [5.41, 5.74) is 1.63. The van der Waals surface area contributed by atoms with Gasteiger partial charge in [0.25, 0.3) is 5.91 Å². The molecule has 0 spiro atoms. The van der Waals surface area contributed by atoms with E-state index >= 15 is 0 Å². The van der Waals surface area contributed by atoms with Gasteiger partial charge >= 0.3 is 0 Å². The fourth-order valence-electron chi connectivity index (χ4n) is 4.52. The first-order valence-corrected chi connectivity index (χ1v) is 10.0. The summed E-state index contributed by atoms with van der Waals surface area (Å²) in [6, 6.07) is 5.90. The Labute approximate surface area is 159 Å². The van der Waals surface area contributed by atoms with E-state index in [0.29, 0.717) is 23.7 Å². The van der Waals surface area contributed by atoms with E-state index in [1.54, 1.807) is 0 Å². The number of halogens is 1. The summed E-state index contributed by atoms with van der Waals surface area (Å²) >= 11 is 6.39. The highest BCUT2D eigenvalue weighted by molar-refractivity contribution is 6.34. The predicted molar refractivity (Wildman–Crippen MR) is 103 cm³/mol. The second-order valence-corrected chi connectivity index (χ2v) is 8.21. The molecule has 26 heavy (non-hydrogen) atoms. The Morgan fingerprint density at radius 2 is 1.88 bits per heavy atom. The second-order valence-electron chi connectivity index (χ2n) is 7.80. The van der Waals surface area contributed by atoms with Crippen molar-refractivity contribution in [2.24, 2.45) is 5.92 Å². The molecule has 4 aliphatic heterocycles. The van der Waals surface area contributed by atoms with Crippen molar-refractivity contribution in [3.05, 3.63) is 28.8 Å². The average molecular weight is 376 g/mol. The third-order valence-corrected chi connectivity index (χ3v) is 6.48. The van der Waals surface area contributed by atoms with Crippen LogP contribution in [0.2, 0.25) is 5.02 Å². The van der Waals surface area contributed by atoms with Crippen LogP contribution in [0.1, 0.15) is 42.5 Å². The molecule has 5 rings (SSSR count). The van der Waals surface area contributed by atoms with Gasteiger partial charge < -0.3 is 14.7 Å². The Morgan fingerprint density at radius 3 is 2.65 bits per heavy atom. The summed E-state index contributed by atoms with van der Waals surface area (Å²) in [6.45, 7) is 3.16. The van der Waals surface area contributed by atoms with Gasteiger partial charge in [-0.2, -0.15) is 0 Å². The lowest BCUT2D eigenvalue weighted by molar-refractivity contribution is -0.138. The number of likely N-dealkylation sites (N-methyl/N-ethyl adjacent to an activating group) is 1. The van der Waals surface area contributed by atoms with Gasteiger partial charge in [-0.25, -0.2) is 0 Å². The van der Waals surface area contributed by atoms with Crippen LogP contribution in [0.3, 0.4) is 0 Å². The summed E-state index contributed by atoms with van der Waals surface area (Å²) < 4.78 is 0. The van der Waals surface area contributed by atoms with Crippen molar-refractivity contribution < 1.29 is 9.59 Å². The molecule has 140 valence electrons. The molecule has 4 saturated heterocycles. The highest BCUT2D eigenvalue weighted by Crippen LogP contribution is 2.31. The number of carbonyl (C=O) groups excluding carboxylic acids is 2. The first-order chi connectivity index (χ1) is 12.5. The van der Waals surface area contributed by atoms with Gasteiger partial charge in [0.05, 0.1) is 16.5 Å². The van der Waals surface area contributed by atoms with Crippen molar-refractivity contribution in [2.75, 3.05) is 38.1 Å². The zero-order valence-electron chi connectivity index (χ0n) is 15.3. The van der Waals surface area contributed by atoms with Crippen molar-refractivity contribution in [3.8, 4) is 0 Å². The average Bonchev–Trinajstić information content (AvgIpc) is 2.95. The summed E-state index contributed by atoms with van der Waals surface area (Å²) in [7, 11) is 1.86. The number of hydrogen-bond donors (Lipinski definition) is 0. The fourth-order valence-corrected chi connectivity index (χ4v) is 4.72. The van der Waals surface area contributed by atoms with Crippen LogP contribution < -0.4 is 4.90 Å². The highest BCUT2D eigenvalue weighted by atomic mass is 35.5. The number of fused-ring (bicyclic) bond motifs is 4. The molecule has 0 aromatic heterocycles. The summed E-state index contributed by atoms with van der Waals surface area (Å²) in [4.78, 5) is 31.6. The topological polar surface area (TPSA) is 43.9 Å². The Balaban J connectivity index is 1.58. The summed E-state index contributed by atoms with van der Waals surface area (Å²) in [6.07, 6.45) is 5.50. The van der Waals surface area contributed by atoms with Gasteiger partial charge in [0.2, 0.25) is 5.91 Å². The lowest BCUT2D eigenvalue weighted by Crippen LogP contribution is -2.45. The Morgan fingerprint density at radius 1 is 1.12 bits per heavy atom. The van der Waals surface area contributed by atoms with Gasteiger partial charge in [-0.3, -0.25) is 9.59 Å². The van der Waals surface area contributed by atoms with Crippen LogP contribution in [-0.4, -0.2) is 60.9 Å². The smallest absolute Gasteiger partial charge is 0.255 e. The minimum atomic E-state index is -0.0771. The van der Waals surface area contributed by atoms with Gasteiger partial charge in [-0.05, 0) is 50.3 Å². The van der Waals surface area contributed by atoms with Gasteiger partial charge in [-0.1, -0.05) is 11.6 Å². The second kappa shape index (κ2) is 7.10. The predicted octanol–water partition coefficient (Wildman–Crippen LogP) is 3.02. The van der Waals surface area contributed by atoms with Crippen molar-refractivity contribution >= 4 is 29.1 Å². The molecular formula is C20H26ClN3O2. The number of benzene rings is 1. The molecule has 0 aliphatic carbocycles. The zero-order valence-corrected chi connectivity index (χ0v) is 16.0. The molecule has 2 atom stereocenters. The lowest BCUT2D eigenvalue weighted by atomic mass is 9.95. The van der Waals surface area contributed by atoms with E-state index in [1.165, 1.54) is 19.3 Å². The zero-order chi connectivity index (χ0) is 18.3. The van der Waals surface area contributed by atoms with Crippen LogP contribution in [-0.2, 0) is 4.79 Å². The number of carbonyl (C=O) groups is 2. The number of anilines is 1. The van der Waals surface area contributed by atoms with Gasteiger partial charge in [-0.15, -0.1) is 0 Å². The van der Waals surface area contributed by atoms with Crippen LogP contribution in [0.4, 0.5) is 5.69 Å². The first kappa shape index (κ1) is 17.7. The molecule has 0 radical (unpaired) electrons. The molecule has 1 aromatic rings. The number of hydrogen-bond acceptors (Lipinski definition) is 3. The Bertz CT molecular complexity index is 717. The number of piperidine rings is 2. The van der Waals surface area contributed by atoms with Gasteiger partial charge in [0.1, 0.15) is 0 Å². The minimum Gasteiger partial charge on any atom is -0.372 e. The van der Waals surface area contributed by atoms with Crippen LogP contribution in [0.15, 0.2) is 18.2 Å². The highest BCUT2D eigenvalue weighted by Gasteiger charge is 2.40. The van der Waals surface area contributed by atoms with E-state index in [-0.39, 0.29) is 23.8 Å². The normalized spacial score (nSPS) is 26.2. The van der Waals surface area contributed by atoms with Gasteiger partial charge in [0, 0.05) is 45.0 Å². The van der Waals surface area contributed by atoms with Crippen molar-refractivity contribution in [3.63, 3.8) is 0 Å². The number of rotatable bonds is 2. The van der Waals surface area contributed by atoms with Crippen LogP contribution >= 0.6 is 11.6 Å². The molecule has 4 fully saturated rings. The van der Waals surface area contributed by atoms with E-state index in [4.69, 9.17) is 11.6 Å². The van der Waals surface area contributed by atoms with Crippen LogP contribution in [0.25, 0.3) is 0 Å². The molecule has 4 aliphatic rings. The molecule has 1 aromatic carbocycles. The largest absolute Gasteiger partial charge is 0.372 e. The molecule has 0 saturated carbocycles. The van der Waals surface area contributed by atoms with Gasteiger partial charge in [0.15, 0.2) is 0 Å². The van der Waals surface area contributed by atoms with E-state index < -0.39 is 0 Å². The lowest BCUT2D eigenvalue weighted by Gasteiger charge is -2.32. The Kier molecular flexibility index (Phi) is 4.82. The molecule has 6 heteroatoms. The third kappa shape index (κ3) is 3.18. The maximum Gasteiger partial charge on any atom is 0.255 e. The standard InChI is InChI=1S/C20H26ClN3O2/c1-22-16-6-5-14(19(22)25)12-24(13-16)20(26)17-11-15(7-8-18(17)21)23-9-3-2-4-10-23/h7-8,11,14,16H,2-6,9-10,12-13H2,1H3/t14-,16+/m1/s1. The maximum absolute atomic E-state index is 13.2. The van der Waals surface area contributed by atoms with E-state index in [2.05, 4.69) is 4.90 Å². The van der Waals surface area contributed by atoms with E-state index in [9.17, 15) is 9.59 Å². The van der Waals surface area contributed by atoms with Crippen LogP contribution in [0, 0.1) is 5.92 Å². The molecule has 4 heterocycles. The molecule has 2 bridgehead atoms. The third-order valence-electron chi connectivity index (χ3n) is 6.15. The monoisotopic (exact) mass is 375 g/mol. The fraction of sp³-hybridized carbons (Fsp3) is 0.600. The number of amides is 2. The summed E-state index contributed by atoms with van der Waals surface area (Å²) in [5, 5.41) is 0.493. The SMILES string of the molecule is CN1C(=O)[C@@H]2CC[C@H]1CN(C(=O)c1cc(N3CCCCC3)ccc1Cl)C2. The molecular weight excluding hydrogens is 350 g/mol. The number of nitrogens with zero attached hydrogens (tertiary/aromatic N) is 3. The molecule has 2 amide bonds. The Hall–Kier alpha value is -1.75. The van der Waals surface area contributed by atoms with E-state index in [0.717, 1.165) is 31.6 Å².